The Balaban J connectivity index is 2.61. The minimum atomic E-state index is -3.30. The lowest BCUT2D eigenvalue weighted by molar-refractivity contribution is -0.120. The van der Waals surface area contributed by atoms with Gasteiger partial charge in [-0.3, -0.25) is 9.36 Å². The average Bonchev–Trinajstić information content (AvgIpc) is 2.40. The minimum absolute atomic E-state index is 0.205. The van der Waals surface area contributed by atoms with Gasteiger partial charge < -0.3 is 14.4 Å². The van der Waals surface area contributed by atoms with E-state index in [2.05, 4.69) is 5.32 Å². The fourth-order valence-electron chi connectivity index (χ4n) is 1.77. The number of hydrogen-bond acceptors (Lipinski definition) is 4. The Morgan fingerprint density at radius 1 is 1.20 bits per heavy atom. The molecule has 0 aromatic heterocycles. The lowest BCUT2D eigenvalue weighted by Crippen LogP contribution is -2.34. The monoisotopic (exact) mass is 299 g/mol. The number of carbonyl (C=O) groups is 1. The first kappa shape index (κ1) is 16.9. The Kier molecular flexibility index (Phi) is 6.93. The van der Waals surface area contributed by atoms with Crippen LogP contribution in [0.4, 0.5) is 0 Å². The molecule has 1 unspecified atom stereocenters. The third-order valence-electron chi connectivity index (χ3n) is 2.67. The van der Waals surface area contributed by atoms with Gasteiger partial charge in [-0.1, -0.05) is 30.3 Å². The van der Waals surface area contributed by atoms with Crippen LogP contribution in [-0.4, -0.2) is 24.9 Å². The molecule has 0 aliphatic carbocycles. The third kappa shape index (κ3) is 5.08. The van der Waals surface area contributed by atoms with E-state index in [0.717, 1.165) is 5.56 Å². The molecule has 0 heterocycles. The number of rotatable bonds is 8. The van der Waals surface area contributed by atoms with Gasteiger partial charge in [0.15, 0.2) is 0 Å². The van der Waals surface area contributed by atoms with E-state index >= 15 is 0 Å². The number of hydrogen-bond donors (Lipinski definition) is 1. The van der Waals surface area contributed by atoms with Crippen LogP contribution >= 0.6 is 7.60 Å². The maximum atomic E-state index is 12.4. The molecule has 1 atom stereocenters. The van der Waals surface area contributed by atoms with E-state index in [1.54, 1.807) is 20.8 Å². The van der Waals surface area contributed by atoms with E-state index in [1.165, 1.54) is 0 Å². The number of amides is 1. The van der Waals surface area contributed by atoms with Gasteiger partial charge in [0.05, 0.1) is 19.6 Å². The Bertz CT molecular complexity index is 454. The lowest BCUT2D eigenvalue weighted by Gasteiger charge is -2.24. The van der Waals surface area contributed by atoms with Crippen molar-refractivity contribution in [1.29, 1.82) is 0 Å². The zero-order valence-corrected chi connectivity index (χ0v) is 13.1. The topological polar surface area (TPSA) is 64.6 Å². The molecule has 0 aliphatic rings. The van der Waals surface area contributed by atoms with Crippen LogP contribution in [0.2, 0.25) is 0 Å². The highest BCUT2D eigenvalue weighted by molar-refractivity contribution is 7.54. The summed E-state index contributed by atoms with van der Waals surface area (Å²) in [4.78, 5) is 11.9. The molecule has 0 radical (unpaired) electrons. The van der Waals surface area contributed by atoms with E-state index in [4.69, 9.17) is 9.05 Å². The molecule has 0 bridgehead atoms. The molecule has 0 saturated carbocycles. The predicted molar refractivity (Wildman–Crippen MR) is 78.6 cm³/mol. The molecule has 0 spiro atoms. The number of benzene rings is 1. The molecule has 5 nitrogen and oxygen atoms in total. The van der Waals surface area contributed by atoms with Gasteiger partial charge in [-0.05, 0) is 26.3 Å². The molecule has 112 valence electrons. The summed E-state index contributed by atoms with van der Waals surface area (Å²) in [5.74, 6) is -0.873. The molecule has 1 amide bonds. The smallest absolute Gasteiger partial charge is 0.342 e. The summed E-state index contributed by atoms with van der Waals surface area (Å²) in [5.41, 5.74) is 0.903. The van der Waals surface area contributed by atoms with Crippen LogP contribution in [0.3, 0.4) is 0 Å². The quantitative estimate of drug-likeness (QED) is 0.750. The summed E-state index contributed by atoms with van der Waals surface area (Å²) in [6.07, 6.45) is 0.240. The highest BCUT2D eigenvalue weighted by Gasteiger charge is 2.32. The maximum absolute atomic E-state index is 12.4. The van der Waals surface area contributed by atoms with Gasteiger partial charge >= 0.3 is 7.60 Å². The Hall–Kier alpha value is -1.16. The highest BCUT2D eigenvalue weighted by Crippen LogP contribution is 2.51. The summed E-state index contributed by atoms with van der Waals surface area (Å²) in [7, 11) is -3.30. The molecular formula is C14H22NO4P. The maximum Gasteiger partial charge on any atom is 0.352 e. The van der Waals surface area contributed by atoms with Crippen LogP contribution < -0.4 is 5.32 Å². The summed E-state index contributed by atoms with van der Waals surface area (Å²) in [6.45, 7) is 5.66. The van der Waals surface area contributed by atoms with E-state index in [9.17, 15) is 9.36 Å². The van der Waals surface area contributed by atoms with Crippen LogP contribution in [-0.2, 0) is 24.8 Å². The number of nitrogens with one attached hydrogen (secondary N) is 1. The summed E-state index contributed by atoms with van der Waals surface area (Å²) in [5, 5.41) is 2.69. The first-order valence-electron chi connectivity index (χ1n) is 6.74. The molecule has 20 heavy (non-hydrogen) atoms. The SMILES string of the molecule is CCOP(=O)(OCC)C(C)NC(=O)Cc1ccccc1. The van der Waals surface area contributed by atoms with Crippen LogP contribution in [0.15, 0.2) is 30.3 Å². The van der Waals surface area contributed by atoms with Crippen molar-refractivity contribution < 1.29 is 18.4 Å². The zero-order valence-electron chi connectivity index (χ0n) is 12.2. The van der Waals surface area contributed by atoms with Gasteiger partial charge in [-0.25, -0.2) is 0 Å². The fraction of sp³-hybridized carbons (Fsp3) is 0.500. The molecule has 0 fully saturated rings. The molecular weight excluding hydrogens is 277 g/mol. The third-order valence-corrected chi connectivity index (χ3v) is 4.98. The summed E-state index contributed by atoms with van der Waals surface area (Å²) in [6, 6.07) is 9.38. The van der Waals surface area contributed by atoms with E-state index in [-0.39, 0.29) is 25.5 Å². The summed E-state index contributed by atoms with van der Waals surface area (Å²) >= 11 is 0. The predicted octanol–water partition coefficient (Wildman–Crippen LogP) is 2.96. The Morgan fingerprint density at radius 2 is 1.75 bits per heavy atom. The van der Waals surface area contributed by atoms with Gasteiger partial charge in [0.25, 0.3) is 0 Å². The number of carbonyl (C=O) groups excluding carboxylic acids is 1. The molecule has 1 aromatic carbocycles. The fourth-order valence-corrected chi connectivity index (χ4v) is 3.31. The van der Waals surface area contributed by atoms with Crippen molar-refractivity contribution >= 4 is 13.5 Å². The zero-order chi connectivity index (χ0) is 15.0. The van der Waals surface area contributed by atoms with E-state index < -0.39 is 13.4 Å². The molecule has 0 saturated heterocycles. The highest BCUT2D eigenvalue weighted by atomic mass is 31.2. The van der Waals surface area contributed by atoms with E-state index in [0.29, 0.717) is 0 Å². The van der Waals surface area contributed by atoms with Crippen LogP contribution in [0.1, 0.15) is 26.3 Å². The van der Waals surface area contributed by atoms with Crippen molar-refractivity contribution in [2.75, 3.05) is 13.2 Å². The van der Waals surface area contributed by atoms with Crippen molar-refractivity contribution in [2.45, 2.75) is 33.0 Å². The second-order valence-corrected chi connectivity index (χ2v) is 6.65. The first-order chi connectivity index (χ1) is 9.51. The lowest BCUT2D eigenvalue weighted by atomic mass is 10.1. The van der Waals surface area contributed by atoms with Gasteiger partial charge in [0.1, 0.15) is 5.78 Å². The molecule has 1 N–H and O–H groups in total. The van der Waals surface area contributed by atoms with Gasteiger partial charge in [0, 0.05) is 0 Å². The van der Waals surface area contributed by atoms with E-state index in [1.807, 2.05) is 30.3 Å². The van der Waals surface area contributed by atoms with Crippen molar-refractivity contribution in [3.05, 3.63) is 35.9 Å². The van der Waals surface area contributed by atoms with Crippen LogP contribution in [0, 0.1) is 0 Å². The van der Waals surface area contributed by atoms with Crippen molar-refractivity contribution in [2.24, 2.45) is 0 Å². The van der Waals surface area contributed by atoms with Gasteiger partial charge in [-0.15, -0.1) is 0 Å². The van der Waals surface area contributed by atoms with Crippen molar-refractivity contribution in [1.82, 2.24) is 5.32 Å². The molecule has 1 rings (SSSR count). The molecule has 0 aliphatic heterocycles. The molecule has 6 heteroatoms. The minimum Gasteiger partial charge on any atom is -0.342 e. The second kappa shape index (κ2) is 8.20. The largest absolute Gasteiger partial charge is 0.352 e. The van der Waals surface area contributed by atoms with Crippen LogP contribution in [0.5, 0.6) is 0 Å². The first-order valence-corrected chi connectivity index (χ1v) is 8.35. The standard InChI is InChI=1S/C14H22NO4P/c1-4-18-20(17,19-5-2)12(3)15-14(16)11-13-9-7-6-8-10-13/h6-10,12H,4-5,11H2,1-3H3,(H,15,16). The molecule has 1 aromatic rings. The summed E-state index contributed by atoms with van der Waals surface area (Å²) < 4.78 is 22.8. The van der Waals surface area contributed by atoms with Crippen molar-refractivity contribution in [3.63, 3.8) is 0 Å². The van der Waals surface area contributed by atoms with Gasteiger partial charge in [0.2, 0.25) is 5.91 Å². The normalized spacial score (nSPS) is 12.9. The van der Waals surface area contributed by atoms with Crippen molar-refractivity contribution in [3.8, 4) is 0 Å². The van der Waals surface area contributed by atoms with Gasteiger partial charge in [-0.2, -0.15) is 0 Å². The Morgan fingerprint density at radius 3 is 2.25 bits per heavy atom. The average molecular weight is 299 g/mol. The van der Waals surface area contributed by atoms with Crippen LogP contribution in [0.25, 0.3) is 0 Å². The Labute approximate surface area is 120 Å². The second-order valence-electron chi connectivity index (χ2n) is 4.28.